The molecule has 1 aromatic rings. The molecule has 70 valence electrons. The molecule has 4 heteroatoms. The van der Waals surface area contributed by atoms with E-state index in [2.05, 4.69) is 0 Å². The van der Waals surface area contributed by atoms with Crippen molar-refractivity contribution in [3.63, 3.8) is 0 Å². The van der Waals surface area contributed by atoms with Crippen molar-refractivity contribution in [2.75, 3.05) is 0 Å². The van der Waals surface area contributed by atoms with E-state index in [9.17, 15) is 14.7 Å². The van der Waals surface area contributed by atoms with Crippen LogP contribution >= 0.6 is 0 Å². The van der Waals surface area contributed by atoms with Gasteiger partial charge in [-0.2, -0.15) is 0 Å². The van der Waals surface area contributed by atoms with Crippen LogP contribution in [0.3, 0.4) is 0 Å². The number of fused-ring (bicyclic) bond motifs is 1. The van der Waals surface area contributed by atoms with E-state index >= 15 is 0 Å². The molecule has 2 rings (SSSR count). The van der Waals surface area contributed by atoms with Gasteiger partial charge in [-0.05, 0) is 12.1 Å². The maximum absolute atomic E-state index is 11.5. The quantitative estimate of drug-likeness (QED) is 0.626. The monoisotopic (exact) mass is 189 g/mol. The van der Waals surface area contributed by atoms with Crippen molar-refractivity contribution in [3.05, 3.63) is 41.1 Å². The number of hydrogen-bond donors (Lipinski definition) is 2. The number of aromatic hydroxyl groups is 1. The Morgan fingerprint density at radius 1 is 1.21 bits per heavy atom. The summed E-state index contributed by atoms with van der Waals surface area (Å²) < 4.78 is 0. The minimum Gasteiger partial charge on any atom is -0.507 e. The lowest BCUT2D eigenvalue weighted by molar-refractivity contribution is 0.0981. The molecule has 4 nitrogen and oxygen atoms in total. The standard InChI is InChI=1S/C10H7NO3/c11-6-4-8(13)9-5(10(6)14)2-1-3-7(9)12/h1-4,12H,11H2. The van der Waals surface area contributed by atoms with Gasteiger partial charge < -0.3 is 10.8 Å². The molecule has 1 aromatic carbocycles. The summed E-state index contributed by atoms with van der Waals surface area (Å²) in [6.07, 6.45) is 1.03. The van der Waals surface area contributed by atoms with Crippen LogP contribution in [-0.4, -0.2) is 16.7 Å². The first-order valence-electron chi connectivity index (χ1n) is 3.99. The van der Waals surface area contributed by atoms with Crippen LogP contribution in [0.4, 0.5) is 0 Å². The summed E-state index contributed by atoms with van der Waals surface area (Å²) in [5.41, 5.74) is 5.45. The van der Waals surface area contributed by atoms with Gasteiger partial charge in [-0.25, -0.2) is 0 Å². The van der Waals surface area contributed by atoms with Crippen LogP contribution < -0.4 is 5.73 Å². The lowest BCUT2D eigenvalue weighted by Gasteiger charge is -2.12. The van der Waals surface area contributed by atoms with Crippen molar-refractivity contribution >= 4 is 11.6 Å². The number of phenolic OH excluding ortho intramolecular Hbond substituents is 1. The third-order valence-electron chi connectivity index (χ3n) is 2.08. The van der Waals surface area contributed by atoms with Gasteiger partial charge in [-0.1, -0.05) is 6.07 Å². The molecule has 1 aliphatic carbocycles. The molecule has 0 heterocycles. The summed E-state index contributed by atoms with van der Waals surface area (Å²) >= 11 is 0. The van der Waals surface area contributed by atoms with Crippen LogP contribution in [-0.2, 0) is 0 Å². The number of rotatable bonds is 0. The van der Waals surface area contributed by atoms with Gasteiger partial charge in [0.25, 0.3) is 0 Å². The number of ketones is 2. The van der Waals surface area contributed by atoms with E-state index in [0.29, 0.717) is 0 Å². The van der Waals surface area contributed by atoms with Gasteiger partial charge in [0.2, 0.25) is 5.78 Å². The molecule has 3 N–H and O–H groups in total. The van der Waals surface area contributed by atoms with E-state index < -0.39 is 11.6 Å². The Hall–Kier alpha value is -2.10. The predicted octanol–water partition coefficient (Wildman–Crippen LogP) is 0.614. The molecular formula is C10H7NO3. The number of nitrogens with two attached hydrogens (primary N) is 1. The largest absolute Gasteiger partial charge is 0.507 e. The zero-order chi connectivity index (χ0) is 10.3. The molecule has 0 saturated heterocycles. The van der Waals surface area contributed by atoms with Crippen LogP contribution in [0.2, 0.25) is 0 Å². The van der Waals surface area contributed by atoms with Crippen LogP contribution in [0.15, 0.2) is 30.0 Å². The molecule has 0 bridgehead atoms. The highest BCUT2D eigenvalue weighted by molar-refractivity contribution is 6.25. The van der Waals surface area contributed by atoms with Crippen molar-refractivity contribution in [3.8, 4) is 5.75 Å². The summed E-state index contributed by atoms with van der Waals surface area (Å²) in [6.45, 7) is 0. The second kappa shape index (κ2) is 2.70. The highest BCUT2D eigenvalue weighted by Gasteiger charge is 2.25. The number of carbonyl (C=O) groups is 2. The highest BCUT2D eigenvalue weighted by atomic mass is 16.3. The fraction of sp³-hybridized carbons (Fsp3) is 0. The molecular weight excluding hydrogens is 182 g/mol. The Labute approximate surface area is 79.7 Å². The van der Waals surface area contributed by atoms with E-state index in [1.54, 1.807) is 0 Å². The molecule has 0 saturated carbocycles. The average molecular weight is 189 g/mol. The van der Waals surface area contributed by atoms with Gasteiger partial charge in [0.15, 0.2) is 5.78 Å². The summed E-state index contributed by atoms with van der Waals surface area (Å²) in [6, 6.07) is 4.33. The first kappa shape index (κ1) is 8.50. The first-order chi connectivity index (χ1) is 6.61. The Morgan fingerprint density at radius 3 is 2.64 bits per heavy atom. The Morgan fingerprint density at radius 2 is 1.93 bits per heavy atom. The molecule has 0 spiro atoms. The zero-order valence-electron chi connectivity index (χ0n) is 7.15. The number of allylic oxidation sites excluding steroid dienone is 2. The topological polar surface area (TPSA) is 80.4 Å². The van der Waals surface area contributed by atoms with Crippen molar-refractivity contribution in [2.24, 2.45) is 5.73 Å². The maximum Gasteiger partial charge on any atom is 0.209 e. The van der Waals surface area contributed by atoms with Gasteiger partial charge in [0.1, 0.15) is 5.75 Å². The average Bonchev–Trinajstić information content (AvgIpc) is 2.14. The Bertz CT molecular complexity index is 474. The van der Waals surface area contributed by atoms with Crippen molar-refractivity contribution in [1.82, 2.24) is 0 Å². The van der Waals surface area contributed by atoms with Gasteiger partial charge in [-0.3, -0.25) is 9.59 Å². The second-order valence-corrected chi connectivity index (χ2v) is 2.99. The number of phenols is 1. The van der Waals surface area contributed by atoms with Crippen LogP contribution in [0.1, 0.15) is 20.7 Å². The van der Waals surface area contributed by atoms with E-state index in [1.807, 2.05) is 0 Å². The molecule has 1 aliphatic rings. The molecule has 0 atom stereocenters. The van der Waals surface area contributed by atoms with Crippen molar-refractivity contribution in [1.29, 1.82) is 0 Å². The van der Waals surface area contributed by atoms with Crippen LogP contribution in [0.25, 0.3) is 0 Å². The fourth-order valence-corrected chi connectivity index (χ4v) is 1.42. The molecule has 14 heavy (non-hydrogen) atoms. The van der Waals surface area contributed by atoms with E-state index in [1.165, 1.54) is 18.2 Å². The van der Waals surface area contributed by atoms with Gasteiger partial charge >= 0.3 is 0 Å². The lowest BCUT2D eigenvalue weighted by atomic mass is 9.92. The maximum atomic E-state index is 11.5. The van der Waals surface area contributed by atoms with Crippen molar-refractivity contribution < 1.29 is 14.7 Å². The normalized spacial score (nSPS) is 15.0. The first-order valence-corrected chi connectivity index (χ1v) is 3.99. The molecule has 0 radical (unpaired) electrons. The Kier molecular flexibility index (Phi) is 1.64. The third-order valence-corrected chi connectivity index (χ3v) is 2.08. The van der Waals surface area contributed by atoms with Crippen molar-refractivity contribution in [2.45, 2.75) is 0 Å². The molecule has 0 unspecified atom stereocenters. The van der Waals surface area contributed by atoms with E-state index in [4.69, 9.17) is 5.73 Å². The summed E-state index contributed by atoms with van der Waals surface area (Å²) in [5.74, 6) is -1.05. The fourth-order valence-electron chi connectivity index (χ4n) is 1.42. The Balaban J connectivity index is 2.75. The van der Waals surface area contributed by atoms with Crippen LogP contribution in [0.5, 0.6) is 5.75 Å². The van der Waals surface area contributed by atoms with Gasteiger partial charge in [0.05, 0.1) is 11.3 Å². The molecule has 0 amide bonds. The highest BCUT2D eigenvalue weighted by Crippen LogP contribution is 2.26. The van der Waals surface area contributed by atoms with E-state index in [-0.39, 0.29) is 22.6 Å². The SMILES string of the molecule is NC1=CC(=O)c2c(O)cccc2C1=O. The zero-order valence-corrected chi connectivity index (χ0v) is 7.15. The third kappa shape index (κ3) is 1.01. The number of Topliss-reactive ketones (excluding diaryl/α,β-unsaturated/α-hetero) is 1. The lowest BCUT2D eigenvalue weighted by Crippen LogP contribution is -2.21. The number of carbonyl (C=O) groups excluding carboxylic acids is 2. The van der Waals surface area contributed by atoms with Gasteiger partial charge in [0, 0.05) is 11.6 Å². The molecule has 0 aliphatic heterocycles. The molecule has 0 fully saturated rings. The smallest absolute Gasteiger partial charge is 0.209 e. The summed E-state index contributed by atoms with van der Waals surface area (Å²) in [4.78, 5) is 22.9. The predicted molar refractivity (Wildman–Crippen MR) is 49.0 cm³/mol. The minimum atomic E-state index is -0.435. The summed E-state index contributed by atoms with van der Waals surface area (Å²) in [7, 11) is 0. The number of hydrogen-bond acceptors (Lipinski definition) is 4. The molecule has 0 aromatic heterocycles. The summed E-state index contributed by atoms with van der Waals surface area (Å²) in [5, 5.41) is 9.39. The van der Waals surface area contributed by atoms with E-state index in [0.717, 1.165) is 6.08 Å². The number of benzene rings is 1. The van der Waals surface area contributed by atoms with Gasteiger partial charge in [-0.15, -0.1) is 0 Å². The minimum absolute atomic E-state index is 0.0340. The van der Waals surface area contributed by atoms with Crippen LogP contribution in [0, 0.1) is 0 Å². The second-order valence-electron chi connectivity index (χ2n) is 2.99.